The van der Waals surface area contributed by atoms with Crippen molar-refractivity contribution in [2.75, 3.05) is 44.4 Å². The number of benzene rings is 3. The molecule has 218 valence electrons. The Labute approximate surface area is 251 Å². The lowest BCUT2D eigenvalue weighted by molar-refractivity contribution is 0.106. The van der Waals surface area contributed by atoms with Gasteiger partial charge in [0.25, 0.3) is 0 Å². The molecule has 3 aromatic carbocycles. The van der Waals surface area contributed by atoms with E-state index < -0.39 is 8.32 Å². The molecule has 1 unspecified atom stereocenters. The number of rotatable bonds is 10. The van der Waals surface area contributed by atoms with Crippen molar-refractivity contribution in [1.82, 2.24) is 4.90 Å². The summed E-state index contributed by atoms with van der Waals surface area (Å²) in [6, 6.07) is 24.4. The minimum absolute atomic E-state index is 0.0433. The maximum absolute atomic E-state index is 9.13. The van der Waals surface area contributed by atoms with Crippen LogP contribution in [0.1, 0.15) is 44.0 Å². The Hall–Kier alpha value is -2.86. The van der Waals surface area contributed by atoms with Crippen LogP contribution in [0.15, 0.2) is 72.8 Å². The first-order valence-corrected chi connectivity index (χ1v) is 17.5. The smallest absolute Gasteiger partial charge is 0.192 e. The van der Waals surface area contributed by atoms with E-state index in [1.165, 1.54) is 11.1 Å². The molecule has 41 heavy (non-hydrogen) atoms. The highest BCUT2D eigenvalue weighted by Crippen LogP contribution is 2.41. The van der Waals surface area contributed by atoms with E-state index in [9.17, 15) is 0 Å². The summed E-state index contributed by atoms with van der Waals surface area (Å²) >= 11 is 6.82. The van der Waals surface area contributed by atoms with E-state index in [0.717, 1.165) is 25.3 Å². The van der Waals surface area contributed by atoms with Crippen LogP contribution in [0.2, 0.25) is 23.2 Å². The molecule has 1 heterocycles. The third-order valence-electron chi connectivity index (χ3n) is 8.44. The van der Waals surface area contributed by atoms with E-state index in [1.54, 1.807) is 0 Å². The largest absolute Gasteiger partial charge is 0.491 e. The van der Waals surface area contributed by atoms with Crippen molar-refractivity contribution in [3.05, 3.63) is 100 Å². The number of hydrogen-bond donors (Lipinski definition) is 1. The minimum atomic E-state index is -1.98. The maximum Gasteiger partial charge on any atom is 0.192 e. The molecule has 1 aliphatic rings. The van der Waals surface area contributed by atoms with Gasteiger partial charge in [-0.2, -0.15) is 0 Å². The van der Waals surface area contributed by atoms with E-state index in [1.807, 2.05) is 36.4 Å². The Morgan fingerprint density at radius 1 is 1.05 bits per heavy atom. The molecular weight excluding hydrogens is 550 g/mol. The zero-order valence-corrected chi connectivity index (χ0v) is 26.6. The molecule has 0 aliphatic carbocycles. The van der Waals surface area contributed by atoms with Crippen molar-refractivity contribution in [2.24, 2.45) is 0 Å². The summed E-state index contributed by atoms with van der Waals surface area (Å²) < 4.78 is 12.4. The van der Waals surface area contributed by atoms with Gasteiger partial charge in [0, 0.05) is 25.7 Å². The van der Waals surface area contributed by atoms with Crippen molar-refractivity contribution < 1.29 is 14.3 Å². The highest BCUT2D eigenvalue weighted by molar-refractivity contribution is 6.74. The van der Waals surface area contributed by atoms with E-state index in [-0.39, 0.29) is 30.3 Å². The Morgan fingerprint density at radius 3 is 2.37 bits per heavy atom. The fraction of sp³-hybridized carbons (Fsp3) is 0.424. The molecule has 6 nitrogen and oxygen atoms in total. The molecule has 0 radical (unpaired) electrons. The number of halogens is 1. The number of aliphatic hydroxyl groups excluding tert-OH is 1. The summed E-state index contributed by atoms with van der Waals surface area (Å²) in [7, 11) is -1.98. The van der Waals surface area contributed by atoms with Crippen LogP contribution in [-0.2, 0) is 4.43 Å². The molecule has 1 fully saturated rings. The molecule has 1 N–H and O–H groups in total. The van der Waals surface area contributed by atoms with Crippen LogP contribution in [0.4, 0.5) is 11.4 Å². The third kappa shape index (κ3) is 7.51. The molecule has 4 rings (SSSR count). The van der Waals surface area contributed by atoms with E-state index in [2.05, 4.69) is 84.9 Å². The molecule has 3 aromatic rings. The van der Waals surface area contributed by atoms with Crippen LogP contribution in [0.25, 0.3) is 4.85 Å². The quantitative estimate of drug-likeness (QED) is 0.192. The van der Waals surface area contributed by atoms with Gasteiger partial charge in [-0.1, -0.05) is 87.0 Å². The van der Waals surface area contributed by atoms with E-state index in [4.69, 9.17) is 32.4 Å². The van der Waals surface area contributed by atoms with Gasteiger partial charge in [-0.05, 0) is 41.4 Å². The fourth-order valence-corrected chi connectivity index (χ4v) is 6.28. The molecule has 0 aromatic heterocycles. The monoisotopic (exact) mass is 591 g/mol. The average molecular weight is 592 g/mol. The summed E-state index contributed by atoms with van der Waals surface area (Å²) in [4.78, 5) is 8.51. The van der Waals surface area contributed by atoms with Gasteiger partial charge in [-0.25, -0.2) is 4.85 Å². The number of ether oxygens (including phenoxy) is 1. The van der Waals surface area contributed by atoms with Gasteiger partial charge in [0.15, 0.2) is 14.0 Å². The normalized spacial score (nSPS) is 17.2. The van der Waals surface area contributed by atoms with Crippen LogP contribution < -0.4 is 9.64 Å². The molecule has 1 aliphatic heterocycles. The number of hydrogen-bond acceptors (Lipinski definition) is 5. The van der Waals surface area contributed by atoms with Crippen LogP contribution in [0, 0.1) is 6.57 Å². The SMILES string of the molecule is [C-]#[N+]c1ccc(C(CO[Si](C)(C)C(C)(C)C)N2CCN(c3ccc(OCCO)cc3Cl)[C@H](c3ccccc3)C2)cc1. The van der Waals surface area contributed by atoms with Gasteiger partial charge >= 0.3 is 0 Å². The van der Waals surface area contributed by atoms with E-state index in [0.29, 0.717) is 23.1 Å². The Bertz CT molecular complexity index is 1320. The van der Waals surface area contributed by atoms with Crippen molar-refractivity contribution in [2.45, 2.75) is 51.0 Å². The molecule has 8 heteroatoms. The Kier molecular flexibility index (Phi) is 10.2. The van der Waals surface area contributed by atoms with Gasteiger partial charge in [0.2, 0.25) is 0 Å². The van der Waals surface area contributed by atoms with Gasteiger partial charge in [-0.3, -0.25) is 4.90 Å². The zero-order chi connectivity index (χ0) is 29.6. The highest BCUT2D eigenvalue weighted by Gasteiger charge is 2.39. The highest BCUT2D eigenvalue weighted by atomic mass is 35.5. The lowest BCUT2D eigenvalue weighted by Gasteiger charge is -2.47. The number of nitrogens with zero attached hydrogens (tertiary/aromatic N) is 3. The average Bonchev–Trinajstić information content (AvgIpc) is 2.96. The van der Waals surface area contributed by atoms with Crippen molar-refractivity contribution in [3.8, 4) is 5.75 Å². The summed E-state index contributed by atoms with van der Waals surface area (Å²) in [6.07, 6.45) is 0. The molecular formula is C33H42ClN3O3Si. The molecule has 2 atom stereocenters. The third-order valence-corrected chi connectivity index (χ3v) is 13.2. The predicted octanol–water partition coefficient (Wildman–Crippen LogP) is 7.89. The second kappa shape index (κ2) is 13.4. The summed E-state index contributed by atoms with van der Waals surface area (Å²) in [6.45, 7) is 22.0. The van der Waals surface area contributed by atoms with Gasteiger partial charge in [0.1, 0.15) is 12.4 Å². The van der Waals surface area contributed by atoms with Crippen LogP contribution in [0.5, 0.6) is 5.75 Å². The van der Waals surface area contributed by atoms with Crippen LogP contribution in [-0.4, -0.2) is 57.8 Å². The molecule has 0 saturated carbocycles. The standard InChI is InChI=1S/C33H42ClN3O3Si/c1-33(2,3)41(5,6)40-24-32(26-12-14-27(35-4)15-13-26)36-18-19-37(31(23-36)25-10-8-7-9-11-25)30-17-16-28(22-29(30)34)39-21-20-38/h7-17,22,31-32,38H,18-21,23-24H2,1-3,5-6H3/t31-,32?/m0/s1. The van der Waals surface area contributed by atoms with Gasteiger partial charge in [0.05, 0.1) is 42.6 Å². The van der Waals surface area contributed by atoms with Crippen molar-refractivity contribution in [1.29, 1.82) is 0 Å². The summed E-state index contributed by atoms with van der Waals surface area (Å²) in [5.41, 5.74) is 4.00. The zero-order valence-electron chi connectivity index (χ0n) is 24.8. The van der Waals surface area contributed by atoms with Gasteiger partial charge in [-0.15, -0.1) is 0 Å². The van der Waals surface area contributed by atoms with E-state index >= 15 is 0 Å². The molecule has 1 saturated heterocycles. The first-order valence-electron chi connectivity index (χ1n) is 14.2. The lowest BCUT2D eigenvalue weighted by atomic mass is 9.98. The van der Waals surface area contributed by atoms with Crippen LogP contribution >= 0.6 is 11.6 Å². The summed E-state index contributed by atoms with van der Waals surface area (Å²) in [5, 5.41) is 9.86. The van der Waals surface area contributed by atoms with Gasteiger partial charge < -0.3 is 19.2 Å². The first kappa shape index (κ1) is 31.1. The fourth-order valence-electron chi connectivity index (χ4n) is 5.00. The summed E-state index contributed by atoms with van der Waals surface area (Å²) in [5.74, 6) is 0.647. The maximum atomic E-state index is 9.13. The number of aliphatic hydroxyl groups is 1. The topological polar surface area (TPSA) is 49.5 Å². The molecule has 0 bridgehead atoms. The number of piperazine rings is 1. The molecule has 0 amide bonds. The second-order valence-electron chi connectivity index (χ2n) is 12.1. The molecule has 0 spiro atoms. The Balaban J connectivity index is 1.66. The van der Waals surface area contributed by atoms with Crippen molar-refractivity contribution >= 4 is 31.3 Å². The van der Waals surface area contributed by atoms with Crippen molar-refractivity contribution in [3.63, 3.8) is 0 Å². The first-order chi connectivity index (χ1) is 19.5. The Morgan fingerprint density at radius 2 is 1.76 bits per heavy atom. The number of anilines is 1. The second-order valence-corrected chi connectivity index (χ2v) is 17.3. The predicted molar refractivity (Wildman–Crippen MR) is 171 cm³/mol. The minimum Gasteiger partial charge on any atom is -0.491 e. The lowest BCUT2D eigenvalue weighted by Crippen LogP contribution is -2.51. The van der Waals surface area contributed by atoms with Crippen LogP contribution in [0.3, 0.4) is 0 Å².